The average Bonchev–Trinajstić information content (AvgIpc) is 2.75. The number of aromatic nitrogens is 1. The van der Waals surface area contributed by atoms with E-state index in [9.17, 15) is 14.7 Å². The first kappa shape index (κ1) is 15.3. The van der Waals surface area contributed by atoms with Crippen LogP contribution in [0.25, 0.3) is 0 Å². The van der Waals surface area contributed by atoms with E-state index >= 15 is 0 Å². The van der Waals surface area contributed by atoms with Crippen molar-refractivity contribution < 1.29 is 14.6 Å². The SMILES string of the molecule is Cc1ccc(OCc2c(C(=O)O)sc(=O)n2C(C)C)cc1. The van der Waals surface area contributed by atoms with Crippen LogP contribution in [0.15, 0.2) is 29.1 Å². The van der Waals surface area contributed by atoms with E-state index in [0.717, 1.165) is 16.9 Å². The highest BCUT2D eigenvalue weighted by Crippen LogP contribution is 2.20. The fourth-order valence-corrected chi connectivity index (χ4v) is 2.98. The summed E-state index contributed by atoms with van der Waals surface area (Å²) in [5, 5.41) is 9.22. The van der Waals surface area contributed by atoms with E-state index in [2.05, 4.69) is 0 Å². The minimum atomic E-state index is -1.10. The number of rotatable bonds is 5. The van der Waals surface area contributed by atoms with Gasteiger partial charge in [0.25, 0.3) is 0 Å². The van der Waals surface area contributed by atoms with Crippen molar-refractivity contribution >= 4 is 17.3 Å². The highest BCUT2D eigenvalue weighted by atomic mass is 32.1. The van der Waals surface area contributed by atoms with Crippen LogP contribution < -0.4 is 9.61 Å². The molecule has 0 unspecified atom stereocenters. The van der Waals surface area contributed by atoms with Crippen molar-refractivity contribution in [2.24, 2.45) is 0 Å². The molecule has 2 aromatic rings. The molecule has 0 saturated heterocycles. The summed E-state index contributed by atoms with van der Waals surface area (Å²) in [6, 6.07) is 7.35. The van der Waals surface area contributed by atoms with Crippen LogP contribution in [0.5, 0.6) is 5.75 Å². The van der Waals surface area contributed by atoms with Crippen LogP contribution in [0, 0.1) is 6.92 Å². The quantitative estimate of drug-likeness (QED) is 0.921. The summed E-state index contributed by atoms with van der Waals surface area (Å²) >= 11 is 0.743. The van der Waals surface area contributed by atoms with Gasteiger partial charge in [0.15, 0.2) is 0 Å². The Bertz CT molecular complexity index is 697. The monoisotopic (exact) mass is 307 g/mol. The number of aryl methyl sites for hydroxylation is 1. The van der Waals surface area contributed by atoms with Gasteiger partial charge in [-0.2, -0.15) is 0 Å². The third-order valence-electron chi connectivity index (χ3n) is 3.05. The predicted octanol–water partition coefficient (Wildman–Crippen LogP) is 3.08. The standard InChI is InChI=1S/C15H17NO4S/c1-9(2)16-12(13(14(17)18)21-15(16)19)8-20-11-6-4-10(3)5-7-11/h4-7,9H,8H2,1-3H3,(H,17,18). The average molecular weight is 307 g/mol. The molecule has 5 nitrogen and oxygen atoms in total. The summed E-state index contributed by atoms with van der Waals surface area (Å²) < 4.78 is 7.10. The summed E-state index contributed by atoms with van der Waals surface area (Å²) in [6.07, 6.45) is 0. The maximum absolute atomic E-state index is 11.9. The molecule has 0 aliphatic carbocycles. The number of hydrogen-bond donors (Lipinski definition) is 1. The number of benzene rings is 1. The van der Waals surface area contributed by atoms with Crippen molar-refractivity contribution in [1.82, 2.24) is 4.57 Å². The fraction of sp³-hybridized carbons (Fsp3) is 0.333. The van der Waals surface area contributed by atoms with Crippen molar-refractivity contribution in [3.63, 3.8) is 0 Å². The second-order valence-corrected chi connectivity index (χ2v) is 5.98. The molecule has 21 heavy (non-hydrogen) atoms. The number of carboxylic acids is 1. The van der Waals surface area contributed by atoms with Crippen LogP contribution in [-0.2, 0) is 6.61 Å². The van der Waals surface area contributed by atoms with Crippen LogP contribution in [-0.4, -0.2) is 15.6 Å². The topological polar surface area (TPSA) is 68.5 Å². The van der Waals surface area contributed by atoms with E-state index in [1.165, 1.54) is 4.57 Å². The molecule has 1 aromatic heterocycles. The number of thiazole rings is 1. The smallest absolute Gasteiger partial charge is 0.348 e. The van der Waals surface area contributed by atoms with E-state index in [1.807, 2.05) is 45.0 Å². The minimum absolute atomic E-state index is 0.0424. The molecule has 0 aliphatic heterocycles. The lowest BCUT2D eigenvalue weighted by molar-refractivity contribution is 0.0698. The summed E-state index contributed by atoms with van der Waals surface area (Å²) in [6.45, 7) is 5.72. The van der Waals surface area contributed by atoms with Gasteiger partial charge in [-0.25, -0.2) is 4.79 Å². The zero-order valence-corrected chi connectivity index (χ0v) is 12.9. The van der Waals surface area contributed by atoms with Gasteiger partial charge >= 0.3 is 10.8 Å². The Balaban J connectivity index is 2.31. The summed E-state index contributed by atoms with van der Waals surface area (Å²) in [5.41, 5.74) is 1.52. The predicted molar refractivity (Wildman–Crippen MR) is 81.4 cm³/mol. The third-order valence-corrected chi connectivity index (χ3v) is 4.03. The number of ether oxygens (including phenoxy) is 1. The van der Waals surface area contributed by atoms with Gasteiger partial charge < -0.3 is 9.84 Å². The Hall–Kier alpha value is -2.08. The van der Waals surface area contributed by atoms with E-state index in [-0.39, 0.29) is 22.4 Å². The lowest BCUT2D eigenvalue weighted by Crippen LogP contribution is -2.20. The van der Waals surface area contributed by atoms with Crippen molar-refractivity contribution in [3.8, 4) is 5.75 Å². The molecule has 112 valence electrons. The second kappa shape index (κ2) is 6.13. The number of carbonyl (C=O) groups is 1. The summed E-state index contributed by atoms with van der Waals surface area (Å²) in [4.78, 5) is 23.0. The molecule has 0 bridgehead atoms. The fourth-order valence-electron chi connectivity index (χ4n) is 2.03. The summed E-state index contributed by atoms with van der Waals surface area (Å²) in [7, 11) is 0. The van der Waals surface area contributed by atoms with Gasteiger partial charge in [0.05, 0.1) is 5.69 Å². The molecule has 0 atom stereocenters. The van der Waals surface area contributed by atoms with Gasteiger partial charge in [0, 0.05) is 6.04 Å². The molecule has 6 heteroatoms. The zero-order valence-electron chi connectivity index (χ0n) is 12.1. The Labute approximate surface area is 126 Å². The van der Waals surface area contributed by atoms with Gasteiger partial charge in [-0.15, -0.1) is 0 Å². The highest BCUT2D eigenvalue weighted by molar-refractivity contribution is 7.11. The molecule has 0 saturated carbocycles. The zero-order chi connectivity index (χ0) is 15.6. The van der Waals surface area contributed by atoms with Crippen molar-refractivity contribution in [1.29, 1.82) is 0 Å². The van der Waals surface area contributed by atoms with Gasteiger partial charge in [-0.05, 0) is 32.9 Å². The number of carboxylic acid groups (broad SMARTS) is 1. The molecule has 0 spiro atoms. The molecule has 2 rings (SSSR count). The first-order valence-electron chi connectivity index (χ1n) is 6.57. The van der Waals surface area contributed by atoms with Crippen LogP contribution in [0.4, 0.5) is 0 Å². The van der Waals surface area contributed by atoms with Crippen molar-refractivity contribution in [3.05, 3.63) is 50.1 Å². The normalized spacial score (nSPS) is 10.9. The Morgan fingerprint density at radius 1 is 1.33 bits per heavy atom. The van der Waals surface area contributed by atoms with Crippen LogP contribution >= 0.6 is 11.3 Å². The van der Waals surface area contributed by atoms with Crippen molar-refractivity contribution in [2.45, 2.75) is 33.4 Å². The lowest BCUT2D eigenvalue weighted by atomic mass is 10.2. The number of hydrogen-bond acceptors (Lipinski definition) is 4. The highest BCUT2D eigenvalue weighted by Gasteiger charge is 2.22. The van der Waals surface area contributed by atoms with E-state index in [4.69, 9.17) is 4.74 Å². The number of nitrogens with zero attached hydrogens (tertiary/aromatic N) is 1. The van der Waals surface area contributed by atoms with Crippen LogP contribution in [0.2, 0.25) is 0 Å². The van der Waals surface area contributed by atoms with E-state index in [0.29, 0.717) is 11.4 Å². The molecule has 0 amide bonds. The van der Waals surface area contributed by atoms with Gasteiger partial charge in [-0.1, -0.05) is 29.0 Å². The molecule has 0 radical (unpaired) electrons. The van der Waals surface area contributed by atoms with Crippen molar-refractivity contribution in [2.75, 3.05) is 0 Å². The molecular weight excluding hydrogens is 290 g/mol. The first-order valence-corrected chi connectivity index (χ1v) is 7.38. The molecule has 1 heterocycles. The molecular formula is C15H17NO4S. The lowest BCUT2D eigenvalue weighted by Gasteiger charge is -2.13. The second-order valence-electron chi connectivity index (χ2n) is 5.01. The molecule has 1 N–H and O–H groups in total. The number of aromatic carboxylic acids is 1. The maximum atomic E-state index is 11.9. The summed E-state index contributed by atoms with van der Waals surface area (Å²) in [5.74, 6) is -0.454. The third kappa shape index (κ3) is 3.33. The Kier molecular flexibility index (Phi) is 4.47. The molecule has 0 fully saturated rings. The van der Waals surface area contributed by atoms with E-state index < -0.39 is 5.97 Å². The van der Waals surface area contributed by atoms with Crippen LogP contribution in [0.1, 0.15) is 40.8 Å². The maximum Gasteiger partial charge on any atom is 0.348 e. The minimum Gasteiger partial charge on any atom is -0.487 e. The van der Waals surface area contributed by atoms with Gasteiger partial charge in [0.2, 0.25) is 0 Å². The largest absolute Gasteiger partial charge is 0.487 e. The van der Waals surface area contributed by atoms with Gasteiger partial charge in [0.1, 0.15) is 17.2 Å². The van der Waals surface area contributed by atoms with Crippen LogP contribution in [0.3, 0.4) is 0 Å². The molecule has 0 aliphatic rings. The Morgan fingerprint density at radius 2 is 1.95 bits per heavy atom. The Morgan fingerprint density at radius 3 is 2.48 bits per heavy atom. The van der Waals surface area contributed by atoms with Gasteiger partial charge in [-0.3, -0.25) is 9.36 Å². The van der Waals surface area contributed by atoms with E-state index in [1.54, 1.807) is 0 Å². The molecule has 1 aromatic carbocycles. The first-order chi connectivity index (χ1) is 9.90.